The molecular weight excluding hydrogens is 346 g/mol. The monoisotopic (exact) mass is 371 g/mol. The van der Waals surface area contributed by atoms with Crippen molar-refractivity contribution in [3.05, 3.63) is 24.4 Å². The Morgan fingerprint density at radius 3 is 2.88 bits per heavy atom. The Labute approximate surface area is 157 Å². The maximum absolute atomic E-state index is 6.01. The third-order valence-corrected chi connectivity index (χ3v) is 6.02. The quantitative estimate of drug-likeness (QED) is 0.577. The van der Waals surface area contributed by atoms with Crippen LogP contribution in [0.2, 0.25) is 0 Å². The third-order valence-electron chi connectivity index (χ3n) is 4.83. The molecule has 138 valence electrons. The molecule has 0 atom stereocenters. The summed E-state index contributed by atoms with van der Waals surface area (Å²) in [7, 11) is 2.19. The van der Waals surface area contributed by atoms with Crippen molar-refractivity contribution in [1.29, 1.82) is 0 Å². The van der Waals surface area contributed by atoms with E-state index < -0.39 is 0 Å². The lowest BCUT2D eigenvalue weighted by Crippen LogP contribution is -2.44. The van der Waals surface area contributed by atoms with Gasteiger partial charge in [-0.15, -0.1) is 11.3 Å². The molecule has 7 nitrogen and oxygen atoms in total. The summed E-state index contributed by atoms with van der Waals surface area (Å²) in [6.07, 6.45) is 2.88. The molecule has 0 radical (unpaired) electrons. The first kappa shape index (κ1) is 17.3. The number of aromatic amines is 1. The van der Waals surface area contributed by atoms with Gasteiger partial charge >= 0.3 is 0 Å². The highest BCUT2D eigenvalue weighted by Gasteiger charge is 2.14. The van der Waals surface area contributed by atoms with Crippen LogP contribution in [0.4, 0.5) is 11.5 Å². The summed E-state index contributed by atoms with van der Waals surface area (Å²) in [6.45, 7) is 6.74. The van der Waals surface area contributed by atoms with Gasteiger partial charge in [-0.2, -0.15) is 5.10 Å². The molecule has 4 N–H and O–H groups in total. The van der Waals surface area contributed by atoms with Crippen LogP contribution in [0.3, 0.4) is 0 Å². The average Bonchev–Trinajstić information content (AvgIpc) is 3.29. The van der Waals surface area contributed by atoms with Crippen molar-refractivity contribution in [2.45, 2.75) is 6.42 Å². The Morgan fingerprint density at radius 1 is 1.27 bits per heavy atom. The second-order valence-electron chi connectivity index (χ2n) is 6.82. The van der Waals surface area contributed by atoms with Gasteiger partial charge in [0.05, 0.1) is 26.5 Å². The number of likely N-dealkylation sites (N-methyl/N-ethyl adjacent to an activating group) is 1. The van der Waals surface area contributed by atoms with Gasteiger partial charge in [0.15, 0.2) is 0 Å². The van der Waals surface area contributed by atoms with Gasteiger partial charge in [0.1, 0.15) is 5.82 Å². The molecule has 0 unspecified atom stereocenters. The van der Waals surface area contributed by atoms with Crippen LogP contribution < -0.4 is 11.1 Å². The van der Waals surface area contributed by atoms with E-state index in [9.17, 15) is 0 Å². The second-order valence-corrected chi connectivity index (χ2v) is 7.87. The molecule has 8 heteroatoms. The maximum Gasteiger partial charge on any atom is 0.126 e. The number of nitrogen functional groups attached to an aromatic ring is 1. The highest BCUT2D eigenvalue weighted by Crippen LogP contribution is 2.36. The number of rotatable bonds is 6. The number of anilines is 2. The summed E-state index contributed by atoms with van der Waals surface area (Å²) >= 11 is 1.71. The number of H-pyrrole nitrogens is 1. The van der Waals surface area contributed by atoms with Crippen LogP contribution in [0.1, 0.15) is 6.42 Å². The Hall–Kier alpha value is -2.16. The van der Waals surface area contributed by atoms with Gasteiger partial charge in [0.25, 0.3) is 0 Å². The predicted octanol–water partition coefficient (Wildman–Crippen LogP) is 2.32. The van der Waals surface area contributed by atoms with Crippen LogP contribution in [0.25, 0.3) is 20.8 Å². The number of piperazine rings is 1. The van der Waals surface area contributed by atoms with Crippen molar-refractivity contribution in [3.8, 4) is 10.6 Å². The highest BCUT2D eigenvalue weighted by atomic mass is 32.1. The van der Waals surface area contributed by atoms with Crippen molar-refractivity contribution in [3.63, 3.8) is 0 Å². The molecule has 3 aromatic rings. The SMILES string of the molecule is CN1CCN(CCCNc2cc(N)nc3cc(-c4ccn[nH]4)sc23)CC1. The van der Waals surface area contributed by atoms with Gasteiger partial charge in [-0.1, -0.05) is 0 Å². The van der Waals surface area contributed by atoms with Crippen LogP contribution in [-0.2, 0) is 0 Å². The minimum atomic E-state index is 0.549. The van der Waals surface area contributed by atoms with Crippen LogP contribution in [0, 0.1) is 0 Å². The summed E-state index contributed by atoms with van der Waals surface area (Å²) in [5.41, 5.74) is 9.02. The Morgan fingerprint density at radius 2 is 2.12 bits per heavy atom. The summed E-state index contributed by atoms with van der Waals surface area (Å²) < 4.78 is 1.14. The zero-order chi connectivity index (χ0) is 17.9. The van der Waals surface area contributed by atoms with Crippen LogP contribution in [0.15, 0.2) is 24.4 Å². The van der Waals surface area contributed by atoms with E-state index in [-0.39, 0.29) is 0 Å². The number of thiophene rings is 1. The smallest absolute Gasteiger partial charge is 0.126 e. The lowest BCUT2D eigenvalue weighted by molar-refractivity contribution is 0.154. The predicted molar refractivity (Wildman–Crippen MR) is 109 cm³/mol. The first-order valence-corrected chi connectivity index (χ1v) is 9.85. The van der Waals surface area contributed by atoms with Crippen LogP contribution >= 0.6 is 11.3 Å². The number of pyridine rings is 1. The Kier molecular flexibility index (Phi) is 5.05. The molecule has 0 saturated carbocycles. The van der Waals surface area contributed by atoms with Crippen molar-refractivity contribution in [2.75, 3.05) is 57.4 Å². The molecule has 1 saturated heterocycles. The molecule has 26 heavy (non-hydrogen) atoms. The molecule has 4 rings (SSSR count). The Balaban J connectivity index is 1.41. The van der Waals surface area contributed by atoms with Crippen molar-refractivity contribution in [1.82, 2.24) is 25.0 Å². The van der Waals surface area contributed by atoms with E-state index in [1.165, 1.54) is 26.2 Å². The number of nitrogens with two attached hydrogens (primary N) is 1. The van der Waals surface area contributed by atoms with Gasteiger partial charge < -0.3 is 20.9 Å². The maximum atomic E-state index is 6.01. The van der Waals surface area contributed by atoms with E-state index in [0.29, 0.717) is 5.82 Å². The van der Waals surface area contributed by atoms with Gasteiger partial charge in [-0.25, -0.2) is 4.98 Å². The third kappa shape index (κ3) is 3.82. The summed E-state index contributed by atoms with van der Waals surface area (Å²) in [4.78, 5) is 10.5. The Bertz CT molecular complexity index is 850. The fourth-order valence-electron chi connectivity index (χ4n) is 3.30. The molecule has 0 aliphatic carbocycles. The van der Waals surface area contributed by atoms with E-state index in [1.54, 1.807) is 17.5 Å². The molecule has 0 amide bonds. The number of hydrogen-bond donors (Lipinski definition) is 3. The molecule has 0 spiro atoms. The molecule has 1 fully saturated rings. The van der Waals surface area contributed by atoms with Gasteiger partial charge in [-0.3, -0.25) is 5.10 Å². The minimum absolute atomic E-state index is 0.549. The van der Waals surface area contributed by atoms with E-state index in [2.05, 4.69) is 43.4 Å². The van der Waals surface area contributed by atoms with Crippen LogP contribution in [0.5, 0.6) is 0 Å². The van der Waals surface area contributed by atoms with Crippen LogP contribution in [-0.4, -0.2) is 71.3 Å². The van der Waals surface area contributed by atoms with Gasteiger partial charge in [0, 0.05) is 45.0 Å². The normalized spacial score (nSPS) is 16.3. The van der Waals surface area contributed by atoms with Gasteiger partial charge in [0.2, 0.25) is 0 Å². The number of aromatic nitrogens is 3. The molecule has 4 heterocycles. The fourth-order valence-corrected chi connectivity index (χ4v) is 4.36. The topological polar surface area (TPSA) is 86.1 Å². The number of fused-ring (bicyclic) bond motifs is 1. The highest BCUT2D eigenvalue weighted by molar-refractivity contribution is 7.22. The number of hydrogen-bond acceptors (Lipinski definition) is 7. The molecule has 0 bridgehead atoms. The second kappa shape index (κ2) is 7.61. The molecule has 1 aliphatic heterocycles. The van der Waals surface area contributed by atoms with E-state index >= 15 is 0 Å². The zero-order valence-corrected chi connectivity index (χ0v) is 15.9. The summed E-state index contributed by atoms with van der Waals surface area (Å²) in [5, 5.41) is 10.6. The summed E-state index contributed by atoms with van der Waals surface area (Å²) in [6, 6.07) is 5.97. The van der Waals surface area contributed by atoms with E-state index in [1.807, 2.05) is 12.1 Å². The first-order chi connectivity index (χ1) is 12.7. The first-order valence-electron chi connectivity index (χ1n) is 9.03. The fraction of sp³-hybridized carbons (Fsp3) is 0.444. The molecule has 1 aliphatic rings. The van der Waals surface area contributed by atoms with E-state index in [0.717, 1.165) is 46.0 Å². The molecular formula is C18H25N7S. The summed E-state index contributed by atoms with van der Waals surface area (Å²) in [5.74, 6) is 0.549. The molecule has 0 aromatic carbocycles. The average molecular weight is 372 g/mol. The van der Waals surface area contributed by atoms with Gasteiger partial charge in [-0.05, 0) is 32.1 Å². The lowest BCUT2D eigenvalue weighted by atomic mass is 10.2. The largest absolute Gasteiger partial charge is 0.384 e. The van der Waals surface area contributed by atoms with Crippen molar-refractivity contribution in [2.24, 2.45) is 0 Å². The molecule has 3 aromatic heterocycles. The minimum Gasteiger partial charge on any atom is -0.384 e. The number of nitrogens with one attached hydrogen (secondary N) is 2. The zero-order valence-electron chi connectivity index (χ0n) is 15.0. The number of nitrogens with zero attached hydrogens (tertiary/aromatic N) is 4. The van der Waals surface area contributed by atoms with E-state index in [4.69, 9.17) is 5.73 Å². The standard InChI is InChI=1S/C18H25N7S/c1-24-7-9-25(10-8-24)6-2-4-20-14-12-17(19)22-15-11-16(26-18(14)15)13-3-5-21-23-13/h3,5,11-12H,2,4,6-10H2,1H3,(H,21,23)(H3,19,20,22). The van der Waals surface area contributed by atoms with Crippen molar-refractivity contribution >= 4 is 33.1 Å². The lowest BCUT2D eigenvalue weighted by Gasteiger charge is -2.32. The van der Waals surface area contributed by atoms with Crippen molar-refractivity contribution < 1.29 is 0 Å².